The Morgan fingerprint density at radius 2 is 1.92 bits per heavy atom. The van der Waals surface area contributed by atoms with E-state index in [0.717, 1.165) is 13.0 Å². The molecule has 2 heteroatoms. The monoisotopic (exact) mass is 162 g/mol. The van der Waals surface area contributed by atoms with Crippen LogP contribution in [0.15, 0.2) is 42.5 Å². The van der Waals surface area contributed by atoms with E-state index in [4.69, 9.17) is 5.84 Å². The second kappa shape index (κ2) is 5.52. The van der Waals surface area contributed by atoms with Crippen molar-refractivity contribution in [3.05, 3.63) is 48.0 Å². The highest BCUT2D eigenvalue weighted by Gasteiger charge is 1.84. The van der Waals surface area contributed by atoms with Gasteiger partial charge >= 0.3 is 0 Å². The minimum Gasteiger partial charge on any atom is -0.271 e. The normalized spacial score (nSPS) is 10.8. The largest absolute Gasteiger partial charge is 0.271 e. The standard InChI is InChI=1S/C10H14N2/c11-12-9-5-4-8-10-6-2-1-3-7-10/h1-7,12H,8-9,11H2. The van der Waals surface area contributed by atoms with Gasteiger partial charge in [-0.3, -0.25) is 11.3 Å². The van der Waals surface area contributed by atoms with Gasteiger partial charge in [0.2, 0.25) is 0 Å². The molecule has 0 spiro atoms. The van der Waals surface area contributed by atoms with Crippen molar-refractivity contribution in [1.82, 2.24) is 5.43 Å². The number of benzene rings is 1. The van der Waals surface area contributed by atoms with Crippen LogP contribution in [0, 0.1) is 0 Å². The van der Waals surface area contributed by atoms with Crippen LogP contribution in [0.4, 0.5) is 0 Å². The minimum atomic E-state index is 0.729. The summed E-state index contributed by atoms with van der Waals surface area (Å²) in [6, 6.07) is 10.3. The van der Waals surface area contributed by atoms with Gasteiger partial charge < -0.3 is 0 Å². The van der Waals surface area contributed by atoms with E-state index in [1.165, 1.54) is 5.56 Å². The molecule has 0 aromatic heterocycles. The van der Waals surface area contributed by atoms with Gasteiger partial charge in [-0.05, 0) is 12.0 Å². The lowest BCUT2D eigenvalue weighted by atomic mass is 10.1. The minimum absolute atomic E-state index is 0.729. The molecule has 2 nitrogen and oxygen atoms in total. The zero-order chi connectivity index (χ0) is 8.65. The maximum absolute atomic E-state index is 5.11. The predicted molar refractivity (Wildman–Crippen MR) is 51.5 cm³/mol. The number of hydrazine groups is 1. The molecule has 1 aromatic carbocycles. The first-order chi connectivity index (χ1) is 5.93. The van der Waals surface area contributed by atoms with Gasteiger partial charge in [-0.25, -0.2) is 0 Å². The third-order valence-corrected chi connectivity index (χ3v) is 1.60. The van der Waals surface area contributed by atoms with Crippen LogP contribution in [0.5, 0.6) is 0 Å². The lowest BCUT2D eigenvalue weighted by Crippen LogP contribution is -2.21. The van der Waals surface area contributed by atoms with Gasteiger partial charge in [0.05, 0.1) is 0 Å². The van der Waals surface area contributed by atoms with Crippen LogP contribution in [-0.4, -0.2) is 6.54 Å². The van der Waals surface area contributed by atoms with Gasteiger partial charge in [0.25, 0.3) is 0 Å². The Morgan fingerprint density at radius 1 is 1.17 bits per heavy atom. The molecule has 3 N–H and O–H groups in total. The van der Waals surface area contributed by atoms with E-state index in [9.17, 15) is 0 Å². The number of allylic oxidation sites excluding steroid dienone is 1. The second-order valence-corrected chi connectivity index (χ2v) is 2.57. The predicted octanol–water partition coefficient (Wildman–Crippen LogP) is 1.25. The van der Waals surface area contributed by atoms with Crippen molar-refractivity contribution in [2.24, 2.45) is 5.84 Å². The van der Waals surface area contributed by atoms with Crippen molar-refractivity contribution in [1.29, 1.82) is 0 Å². The Kier molecular flexibility index (Phi) is 4.13. The highest BCUT2D eigenvalue weighted by Crippen LogP contribution is 1.99. The van der Waals surface area contributed by atoms with Crippen molar-refractivity contribution in [2.45, 2.75) is 6.42 Å². The van der Waals surface area contributed by atoms with Gasteiger partial charge in [0, 0.05) is 6.54 Å². The van der Waals surface area contributed by atoms with E-state index < -0.39 is 0 Å². The lowest BCUT2D eigenvalue weighted by molar-refractivity contribution is 0.821. The third kappa shape index (κ3) is 3.32. The molecule has 1 rings (SSSR count). The van der Waals surface area contributed by atoms with Crippen LogP contribution in [0.25, 0.3) is 0 Å². The average Bonchev–Trinajstić information content (AvgIpc) is 2.14. The fourth-order valence-electron chi connectivity index (χ4n) is 0.985. The van der Waals surface area contributed by atoms with Gasteiger partial charge in [-0.2, -0.15) is 0 Å². The zero-order valence-electron chi connectivity index (χ0n) is 7.03. The maximum Gasteiger partial charge on any atom is 0.0278 e. The van der Waals surface area contributed by atoms with E-state index in [0.29, 0.717) is 0 Å². The maximum atomic E-state index is 5.11. The number of hydrogen-bond acceptors (Lipinski definition) is 2. The molecule has 0 radical (unpaired) electrons. The van der Waals surface area contributed by atoms with Crippen LogP contribution in [0.2, 0.25) is 0 Å². The van der Waals surface area contributed by atoms with Crippen molar-refractivity contribution in [2.75, 3.05) is 6.54 Å². The smallest absolute Gasteiger partial charge is 0.0278 e. The molecule has 0 saturated carbocycles. The fraction of sp³-hybridized carbons (Fsp3) is 0.200. The Balaban J connectivity index is 2.33. The van der Waals surface area contributed by atoms with E-state index in [1.807, 2.05) is 24.3 Å². The molecule has 0 saturated heterocycles. The van der Waals surface area contributed by atoms with Crippen molar-refractivity contribution >= 4 is 0 Å². The number of rotatable bonds is 4. The number of nitrogens with two attached hydrogens (primary N) is 1. The quantitative estimate of drug-likeness (QED) is 0.397. The molecule has 0 aliphatic heterocycles. The Morgan fingerprint density at radius 3 is 2.58 bits per heavy atom. The Labute approximate surface area is 73.1 Å². The summed E-state index contributed by atoms with van der Waals surface area (Å²) in [4.78, 5) is 0. The van der Waals surface area contributed by atoms with Crippen LogP contribution in [0.3, 0.4) is 0 Å². The molecule has 0 amide bonds. The Hall–Kier alpha value is -1.12. The lowest BCUT2D eigenvalue weighted by Gasteiger charge is -1.93. The Bertz CT molecular complexity index is 229. The molecule has 0 atom stereocenters. The first-order valence-corrected chi connectivity index (χ1v) is 4.06. The summed E-state index contributed by atoms with van der Waals surface area (Å²) in [7, 11) is 0. The average molecular weight is 162 g/mol. The van der Waals surface area contributed by atoms with Crippen molar-refractivity contribution in [3.8, 4) is 0 Å². The molecule has 0 aliphatic rings. The molecule has 1 aromatic rings. The first-order valence-electron chi connectivity index (χ1n) is 4.06. The van der Waals surface area contributed by atoms with Crippen LogP contribution in [-0.2, 0) is 6.42 Å². The van der Waals surface area contributed by atoms with Crippen LogP contribution < -0.4 is 11.3 Å². The third-order valence-electron chi connectivity index (χ3n) is 1.60. The molecule has 0 fully saturated rings. The summed E-state index contributed by atoms with van der Waals surface area (Å²) in [6.07, 6.45) is 5.10. The molecular weight excluding hydrogens is 148 g/mol. The van der Waals surface area contributed by atoms with Gasteiger partial charge in [0.1, 0.15) is 0 Å². The highest BCUT2D eigenvalue weighted by molar-refractivity contribution is 5.17. The van der Waals surface area contributed by atoms with E-state index in [1.54, 1.807) is 0 Å². The summed E-state index contributed by atoms with van der Waals surface area (Å²) >= 11 is 0. The number of hydrogen-bond donors (Lipinski definition) is 2. The first kappa shape index (κ1) is 8.97. The van der Waals surface area contributed by atoms with Gasteiger partial charge in [-0.15, -0.1) is 0 Å². The summed E-state index contributed by atoms with van der Waals surface area (Å²) in [6.45, 7) is 0.729. The van der Waals surface area contributed by atoms with E-state index in [2.05, 4.69) is 23.6 Å². The van der Waals surface area contributed by atoms with Crippen molar-refractivity contribution in [3.63, 3.8) is 0 Å². The van der Waals surface area contributed by atoms with Crippen LogP contribution in [0.1, 0.15) is 5.56 Å². The van der Waals surface area contributed by atoms with Crippen molar-refractivity contribution < 1.29 is 0 Å². The number of nitrogens with one attached hydrogen (secondary N) is 1. The molecule has 64 valence electrons. The molecule has 0 unspecified atom stereocenters. The summed E-state index contributed by atoms with van der Waals surface area (Å²) in [5.74, 6) is 5.11. The summed E-state index contributed by atoms with van der Waals surface area (Å²) in [5.41, 5.74) is 3.89. The second-order valence-electron chi connectivity index (χ2n) is 2.57. The SMILES string of the molecule is NNCC=CCc1ccccc1. The van der Waals surface area contributed by atoms with E-state index >= 15 is 0 Å². The zero-order valence-corrected chi connectivity index (χ0v) is 7.03. The van der Waals surface area contributed by atoms with Crippen LogP contribution >= 0.6 is 0 Å². The van der Waals surface area contributed by atoms with E-state index in [-0.39, 0.29) is 0 Å². The highest BCUT2D eigenvalue weighted by atomic mass is 15.2. The van der Waals surface area contributed by atoms with Gasteiger partial charge in [0.15, 0.2) is 0 Å². The molecular formula is C10H14N2. The molecule has 0 bridgehead atoms. The topological polar surface area (TPSA) is 38.0 Å². The van der Waals surface area contributed by atoms with Gasteiger partial charge in [-0.1, -0.05) is 42.5 Å². The molecule has 12 heavy (non-hydrogen) atoms. The summed E-state index contributed by atoms with van der Waals surface area (Å²) < 4.78 is 0. The molecule has 0 heterocycles. The summed E-state index contributed by atoms with van der Waals surface area (Å²) in [5, 5.41) is 0. The fourth-order valence-corrected chi connectivity index (χ4v) is 0.985. The molecule has 0 aliphatic carbocycles.